The number of aliphatic hydroxyl groups excluding tert-OH is 2. The number of carbonyl (C=O) groups is 1. The van der Waals surface area contributed by atoms with E-state index in [4.69, 9.17) is 13.9 Å². The second-order valence-electron chi connectivity index (χ2n) is 7.10. The molecule has 0 aromatic carbocycles. The first-order chi connectivity index (χ1) is 9.44. The second kappa shape index (κ2) is 6.74. The van der Waals surface area contributed by atoms with E-state index in [9.17, 15) is 15.0 Å². The smallest absolute Gasteiger partial charge is 0.303 e. The molecule has 0 unspecified atom stereocenters. The minimum Gasteiger partial charge on any atom is -0.454 e. The van der Waals surface area contributed by atoms with E-state index < -0.39 is 38.9 Å². The molecule has 2 N–H and O–H groups in total. The molecule has 4 atom stereocenters. The minimum atomic E-state index is -1.90. The van der Waals surface area contributed by atoms with Crippen LogP contribution in [0.5, 0.6) is 0 Å². The summed E-state index contributed by atoms with van der Waals surface area (Å²) in [6, 6.07) is 0. The van der Waals surface area contributed by atoms with E-state index in [1.165, 1.54) is 6.92 Å². The Morgan fingerprint density at radius 2 is 1.90 bits per heavy atom. The van der Waals surface area contributed by atoms with E-state index in [1.54, 1.807) is 0 Å². The molecule has 0 saturated carbocycles. The molecule has 6 nitrogen and oxygen atoms in total. The Morgan fingerprint density at radius 3 is 2.33 bits per heavy atom. The molecule has 0 spiro atoms. The molecule has 0 aromatic rings. The van der Waals surface area contributed by atoms with Gasteiger partial charge in [0.15, 0.2) is 20.7 Å². The average molecular weight is 320 g/mol. The van der Waals surface area contributed by atoms with Crippen molar-refractivity contribution in [1.29, 1.82) is 0 Å². The Hall–Kier alpha value is -0.473. The maximum atomic E-state index is 10.9. The third-order valence-electron chi connectivity index (χ3n) is 4.23. The fourth-order valence-corrected chi connectivity index (χ4v) is 2.91. The van der Waals surface area contributed by atoms with Crippen molar-refractivity contribution in [3.63, 3.8) is 0 Å². The molecule has 1 aliphatic heterocycles. The van der Waals surface area contributed by atoms with Crippen LogP contribution >= 0.6 is 0 Å². The number of hydrogen-bond donors (Lipinski definition) is 2. The average Bonchev–Trinajstić information content (AvgIpc) is 2.29. The molecule has 0 bridgehead atoms. The van der Waals surface area contributed by atoms with E-state index in [-0.39, 0.29) is 11.5 Å². The zero-order valence-electron chi connectivity index (χ0n) is 13.8. The quantitative estimate of drug-likeness (QED) is 0.602. The number of rotatable bonds is 4. The lowest BCUT2D eigenvalue weighted by Gasteiger charge is -2.40. The zero-order chi connectivity index (χ0) is 16.4. The van der Waals surface area contributed by atoms with Crippen molar-refractivity contribution in [2.24, 2.45) is 0 Å². The van der Waals surface area contributed by atoms with Gasteiger partial charge in [0.2, 0.25) is 0 Å². The summed E-state index contributed by atoms with van der Waals surface area (Å²) in [5, 5.41) is 19.9. The van der Waals surface area contributed by atoms with Gasteiger partial charge in [0.05, 0.1) is 18.8 Å². The number of esters is 1. The molecule has 1 rings (SSSR count). The van der Waals surface area contributed by atoms with Crippen molar-refractivity contribution in [2.75, 3.05) is 6.61 Å². The summed E-state index contributed by atoms with van der Waals surface area (Å²) in [5.74, 6) is -0.558. The number of carbonyl (C=O) groups excluding carboxylic acids is 1. The zero-order valence-corrected chi connectivity index (χ0v) is 14.8. The fraction of sp³-hybridized carbons (Fsp3) is 0.929. The largest absolute Gasteiger partial charge is 0.454 e. The monoisotopic (exact) mass is 320 g/mol. The Balaban J connectivity index is 2.56. The molecule has 0 aliphatic carbocycles. The Bertz CT molecular complexity index is 353. The van der Waals surface area contributed by atoms with Crippen LogP contribution in [-0.2, 0) is 18.7 Å². The molecule has 0 amide bonds. The number of ether oxygens (including phenoxy) is 2. The maximum Gasteiger partial charge on any atom is 0.303 e. The van der Waals surface area contributed by atoms with E-state index in [2.05, 4.69) is 33.9 Å². The molecule has 7 heteroatoms. The van der Waals surface area contributed by atoms with Gasteiger partial charge in [-0.15, -0.1) is 0 Å². The molecule has 1 aliphatic rings. The summed E-state index contributed by atoms with van der Waals surface area (Å²) in [4.78, 5) is 10.9. The van der Waals surface area contributed by atoms with Gasteiger partial charge >= 0.3 is 5.97 Å². The molecule has 1 heterocycles. The van der Waals surface area contributed by atoms with Crippen LogP contribution in [0.2, 0.25) is 18.1 Å². The Labute approximate surface area is 127 Å². The predicted molar refractivity (Wildman–Crippen MR) is 80.2 cm³/mol. The normalized spacial score (nSPS) is 31.0. The van der Waals surface area contributed by atoms with E-state index in [0.29, 0.717) is 6.61 Å². The fourth-order valence-electron chi connectivity index (χ4n) is 1.88. The second-order valence-corrected chi connectivity index (χ2v) is 11.9. The highest BCUT2D eigenvalue weighted by atomic mass is 28.4. The van der Waals surface area contributed by atoms with Gasteiger partial charge in [-0.25, -0.2) is 0 Å². The van der Waals surface area contributed by atoms with Gasteiger partial charge < -0.3 is 24.1 Å². The van der Waals surface area contributed by atoms with Crippen molar-refractivity contribution in [2.45, 2.75) is 76.8 Å². The summed E-state index contributed by atoms with van der Waals surface area (Å²) < 4.78 is 16.3. The summed E-state index contributed by atoms with van der Waals surface area (Å²) in [7, 11) is -1.90. The van der Waals surface area contributed by atoms with Crippen LogP contribution < -0.4 is 0 Å². The van der Waals surface area contributed by atoms with Gasteiger partial charge in [0.1, 0.15) is 0 Å². The van der Waals surface area contributed by atoms with Gasteiger partial charge in [0, 0.05) is 13.3 Å². The van der Waals surface area contributed by atoms with Crippen LogP contribution in [0.3, 0.4) is 0 Å². The molecular formula is C14H28O6Si. The first kappa shape index (κ1) is 18.6. The highest BCUT2D eigenvalue weighted by Gasteiger charge is 2.42. The highest BCUT2D eigenvalue weighted by molar-refractivity contribution is 6.74. The molecule has 1 fully saturated rings. The van der Waals surface area contributed by atoms with Gasteiger partial charge in [-0.05, 0) is 18.1 Å². The molecule has 21 heavy (non-hydrogen) atoms. The molecular weight excluding hydrogens is 292 g/mol. The molecule has 0 aromatic heterocycles. The Kier molecular flexibility index (Phi) is 5.96. The summed E-state index contributed by atoms with van der Waals surface area (Å²) in [6.45, 7) is 12.2. The standard InChI is InChI=1S/C14H28O6Si/c1-9(15)19-12-11(16)7-10(20-13(12)17)8-18-21(5,6)14(2,3)4/h10-13,16-17H,7-8H2,1-6H3/t10-,11+,12+,13+/m0/s1. The van der Waals surface area contributed by atoms with Gasteiger partial charge in [0.25, 0.3) is 0 Å². The Morgan fingerprint density at radius 1 is 1.33 bits per heavy atom. The lowest BCUT2D eigenvalue weighted by atomic mass is 10.0. The SMILES string of the molecule is CC(=O)O[C@@H]1[C@H](O)C[C@@H](CO[Si](C)(C)C(C)(C)C)O[C@H]1O. The lowest BCUT2D eigenvalue weighted by molar-refractivity contribution is -0.258. The van der Waals surface area contributed by atoms with Crippen molar-refractivity contribution in [3.05, 3.63) is 0 Å². The van der Waals surface area contributed by atoms with Crippen molar-refractivity contribution in [3.8, 4) is 0 Å². The number of hydrogen-bond acceptors (Lipinski definition) is 6. The van der Waals surface area contributed by atoms with E-state index in [1.807, 2.05) is 0 Å². The number of aliphatic hydroxyl groups is 2. The summed E-state index contributed by atoms with van der Waals surface area (Å²) in [6.07, 6.45) is -3.46. The molecule has 1 saturated heterocycles. The van der Waals surface area contributed by atoms with E-state index in [0.717, 1.165) is 0 Å². The van der Waals surface area contributed by atoms with Crippen LogP contribution in [0, 0.1) is 0 Å². The third-order valence-corrected chi connectivity index (χ3v) is 8.74. The molecule has 0 radical (unpaired) electrons. The van der Waals surface area contributed by atoms with Crippen LogP contribution in [0.15, 0.2) is 0 Å². The van der Waals surface area contributed by atoms with Crippen molar-refractivity contribution in [1.82, 2.24) is 0 Å². The predicted octanol–water partition coefficient (Wildman–Crippen LogP) is 1.41. The van der Waals surface area contributed by atoms with Crippen LogP contribution in [0.25, 0.3) is 0 Å². The van der Waals surface area contributed by atoms with Gasteiger partial charge in [-0.2, -0.15) is 0 Å². The summed E-state index contributed by atoms with van der Waals surface area (Å²) in [5.41, 5.74) is 0. The lowest BCUT2D eigenvalue weighted by Crippen LogP contribution is -2.52. The van der Waals surface area contributed by atoms with Gasteiger partial charge in [-0.1, -0.05) is 20.8 Å². The maximum absolute atomic E-state index is 10.9. The van der Waals surface area contributed by atoms with Crippen LogP contribution in [0.1, 0.15) is 34.1 Å². The third kappa shape index (κ3) is 5.03. The van der Waals surface area contributed by atoms with E-state index >= 15 is 0 Å². The van der Waals surface area contributed by atoms with Gasteiger partial charge in [-0.3, -0.25) is 4.79 Å². The topological polar surface area (TPSA) is 85.2 Å². The van der Waals surface area contributed by atoms with Crippen LogP contribution in [-0.4, -0.2) is 55.7 Å². The highest BCUT2D eigenvalue weighted by Crippen LogP contribution is 2.37. The van der Waals surface area contributed by atoms with Crippen molar-refractivity contribution >= 4 is 14.3 Å². The first-order valence-corrected chi connectivity index (χ1v) is 10.2. The first-order valence-electron chi connectivity index (χ1n) is 7.27. The minimum absolute atomic E-state index is 0.0825. The van der Waals surface area contributed by atoms with Crippen LogP contribution in [0.4, 0.5) is 0 Å². The summed E-state index contributed by atoms with van der Waals surface area (Å²) >= 11 is 0. The molecule has 124 valence electrons. The van der Waals surface area contributed by atoms with Crippen molar-refractivity contribution < 1.29 is 28.9 Å².